The molecule has 4 saturated heterocycles. The van der Waals surface area contributed by atoms with E-state index in [1.165, 1.54) is 41.8 Å². The Morgan fingerprint density at radius 3 is 2.33 bits per heavy atom. The number of aliphatic hydroxyl groups is 1. The lowest BCUT2D eigenvalue weighted by atomic mass is 9.98. The molecule has 0 radical (unpaired) electrons. The molecule has 0 saturated carbocycles. The fraction of sp³-hybridized carbons (Fsp3) is 0.548. The van der Waals surface area contributed by atoms with Crippen molar-refractivity contribution in [1.29, 1.82) is 0 Å². The average molecular weight is 805 g/mol. The van der Waals surface area contributed by atoms with Crippen molar-refractivity contribution in [3.8, 4) is 0 Å². The maximum atomic E-state index is 14.7. The summed E-state index contributed by atoms with van der Waals surface area (Å²) < 4.78 is 20.2. The molecule has 0 aliphatic carbocycles. The molecule has 0 unspecified atom stereocenters. The highest BCUT2D eigenvalue weighted by atomic mass is 19.1. The molecule has 0 spiro atoms. The number of aliphatic hydroxyl groups excluding tert-OH is 1. The summed E-state index contributed by atoms with van der Waals surface area (Å²) in [4.78, 5) is 102. The van der Waals surface area contributed by atoms with E-state index in [0.29, 0.717) is 30.4 Å². The van der Waals surface area contributed by atoms with Gasteiger partial charge < -0.3 is 40.5 Å². The first-order valence-corrected chi connectivity index (χ1v) is 20.1. The van der Waals surface area contributed by atoms with E-state index in [-0.39, 0.29) is 51.2 Å². The number of halogens is 1. The Labute approximate surface area is 337 Å². The van der Waals surface area contributed by atoms with Gasteiger partial charge in [0.2, 0.25) is 35.4 Å². The van der Waals surface area contributed by atoms with Crippen molar-refractivity contribution in [2.45, 2.75) is 121 Å². The summed E-state index contributed by atoms with van der Waals surface area (Å²) in [5.41, 5.74) is 2.05. The van der Waals surface area contributed by atoms with Crippen LogP contribution in [0.25, 0.3) is 0 Å². The van der Waals surface area contributed by atoms with E-state index in [2.05, 4.69) is 16.0 Å². The first-order chi connectivity index (χ1) is 27.6. The molecule has 15 nitrogen and oxygen atoms in total. The van der Waals surface area contributed by atoms with Crippen LogP contribution in [0, 0.1) is 18.7 Å². The average Bonchev–Trinajstić information content (AvgIpc) is 3.78. The number of carbonyl (C=O) groups excluding carboxylic acids is 7. The summed E-state index contributed by atoms with van der Waals surface area (Å²) in [5, 5.41) is 19.0. The molecule has 2 aromatic rings. The molecule has 0 bridgehead atoms. The molecular formula is C42H53FN6O9. The van der Waals surface area contributed by atoms with Crippen molar-refractivity contribution in [2.75, 3.05) is 19.6 Å². The Bertz CT molecular complexity index is 1910. The number of hydrogen-bond donors (Lipinski definition) is 4. The number of esters is 1. The van der Waals surface area contributed by atoms with Crippen LogP contribution in [0.2, 0.25) is 0 Å². The van der Waals surface area contributed by atoms with Gasteiger partial charge in [0.05, 0.1) is 12.5 Å². The molecule has 6 amide bonds. The number of nitrogens with zero attached hydrogens (tertiary/aromatic N) is 3. The van der Waals surface area contributed by atoms with E-state index in [0.717, 1.165) is 10.5 Å². The summed E-state index contributed by atoms with van der Waals surface area (Å²) >= 11 is 0. The van der Waals surface area contributed by atoms with Crippen LogP contribution in [0.5, 0.6) is 0 Å². The third kappa shape index (κ3) is 9.65. The lowest BCUT2D eigenvalue weighted by Crippen LogP contribution is -2.63. The number of aryl methyl sites for hydroxylation is 1. The van der Waals surface area contributed by atoms with Crippen molar-refractivity contribution >= 4 is 41.4 Å². The predicted octanol–water partition coefficient (Wildman–Crippen LogP) is 0.919. The minimum atomic E-state index is -1.64. The molecule has 0 aromatic heterocycles. The van der Waals surface area contributed by atoms with Gasteiger partial charge in [-0.15, -0.1) is 0 Å². The highest BCUT2D eigenvalue weighted by Crippen LogP contribution is 2.29. The van der Waals surface area contributed by atoms with Gasteiger partial charge in [-0.05, 0) is 75.6 Å². The topological polar surface area (TPSA) is 195 Å². The molecule has 4 aliphatic rings. The number of fused-ring (bicyclic) bond motifs is 3. The third-order valence-electron chi connectivity index (χ3n) is 11.5. The molecule has 2 aromatic carbocycles. The smallest absolute Gasteiger partial charge is 0.329 e. The molecular weight excluding hydrogens is 751 g/mol. The Balaban J connectivity index is 1.34. The fourth-order valence-electron chi connectivity index (χ4n) is 8.47. The molecule has 58 heavy (non-hydrogen) atoms. The van der Waals surface area contributed by atoms with Crippen LogP contribution in [0.15, 0.2) is 48.5 Å². The number of carbonyl (C=O) groups is 7. The largest absolute Gasteiger partial charge is 0.458 e. The minimum Gasteiger partial charge on any atom is -0.458 e. The van der Waals surface area contributed by atoms with Gasteiger partial charge >= 0.3 is 5.97 Å². The Hall–Kier alpha value is -5.38. The van der Waals surface area contributed by atoms with E-state index < -0.39 is 95.7 Å². The van der Waals surface area contributed by atoms with Gasteiger partial charge in [-0.2, -0.15) is 0 Å². The second kappa shape index (κ2) is 18.0. The molecule has 9 atom stereocenters. The van der Waals surface area contributed by atoms with Gasteiger partial charge in [-0.1, -0.05) is 48.9 Å². The van der Waals surface area contributed by atoms with Crippen LogP contribution in [0.3, 0.4) is 0 Å². The Kier molecular flexibility index (Phi) is 13.1. The van der Waals surface area contributed by atoms with Crippen LogP contribution in [-0.2, 0) is 51.1 Å². The lowest BCUT2D eigenvalue weighted by Gasteiger charge is -2.39. The monoisotopic (exact) mass is 804 g/mol. The number of benzene rings is 2. The van der Waals surface area contributed by atoms with E-state index >= 15 is 0 Å². The first kappa shape index (κ1) is 42.2. The predicted molar refractivity (Wildman–Crippen MR) is 207 cm³/mol. The normalized spacial score (nSPS) is 28.9. The van der Waals surface area contributed by atoms with Gasteiger partial charge in [0.15, 0.2) is 0 Å². The zero-order valence-corrected chi connectivity index (χ0v) is 33.3. The van der Waals surface area contributed by atoms with Crippen LogP contribution < -0.4 is 16.0 Å². The summed E-state index contributed by atoms with van der Waals surface area (Å²) in [6.45, 7) is 6.82. The maximum absolute atomic E-state index is 14.7. The van der Waals surface area contributed by atoms with E-state index in [4.69, 9.17) is 4.74 Å². The molecule has 16 heteroatoms. The first-order valence-electron chi connectivity index (χ1n) is 20.1. The SMILES string of the molecule is Cc1ccc(CC(=O)N[C@@H](Cc2cccc(F)c2)C(=O)N[C@@H]2C(=O)N3C[C@H](O)C[C@H]3C(=O)N3CCCC[C@H]3C(=O)N[C@@H](C)C(=O)N3C[C@H](C)C[C@H]3C(=O)O[C@H]2C)cc1. The van der Waals surface area contributed by atoms with Gasteiger partial charge in [0.25, 0.3) is 0 Å². The number of amides is 6. The molecule has 4 aliphatic heterocycles. The van der Waals surface area contributed by atoms with Crippen molar-refractivity contribution in [3.05, 3.63) is 71.0 Å². The molecule has 4 heterocycles. The number of ether oxygens (including phenoxy) is 1. The van der Waals surface area contributed by atoms with E-state index in [9.17, 15) is 43.1 Å². The van der Waals surface area contributed by atoms with Crippen molar-refractivity contribution in [2.24, 2.45) is 5.92 Å². The molecule has 4 fully saturated rings. The third-order valence-corrected chi connectivity index (χ3v) is 11.5. The van der Waals surface area contributed by atoms with Gasteiger partial charge in [-0.25, -0.2) is 9.18 Å². The van der Waals surface area contributed by atoms with Crippen LogP contribution >= 0.6 is 0 Å². The van der Waals surface area contributed by atoms with Crippen molar-refractivity contribution < 1.29 is 47.8 Å². The Morgan fingerprint density at radius 2 is 1.60 bits per heavy atom. The second-order valence-electron chi connectivity index (χ2n) is 16.3. The Morgan fingerprint density at radius 1 is 0.879 bits per heavy atom. The minimum absolute atomic E-state index is 0.0811. The summed E-state index contributed by atoms with van der Waals surface area (Å²) in [6, 6.07) is 5.53. The molecule has 6 rings (SSSR count). The highest BCUT2D eigenvalue weighted by Gasteiger charge is 2.49. The number of nitrogens with one attached hydrogen (secondary N) is 3. The standard InChI is InChI=1S/C42H53FN6O9/c1-23-11-13-27(14-12-23)19-35(51)45-31(18-28-8-7-9-29(43)17-28)37(52)46-36-26(4)58-42(57)34-16-24(2)21-48(34)39(54)25(3)44-38(53)32-10-5-6-15-47(32)40(55)33-20-30(50)22-49(33)41(36)56/h7-9,11-14,17,24-26,30-34,36,50H,5-6,10,15-16,18-22H2,1-4H3,(H,44,53)(H,45,51)(H,46,52)/t24-,25+,26+,30-,31+,32+,33+,34+,36+/m1/s1. The highest BCUT2D eigenvalue weighted by molar-refractivity contribution is 5.98. The number of hydrogen-bond acceptors (Lipinski definition) is 9. The van der Waals surface area contributed by atoms with Crippen LogP contribution in [0.1, 0.15) is 69.6 Å². The molecule has 4 N–H and O–H groups in total. The van der Waals surface area contributed by atoms with E-state index in [1.54, 1.807) is 18.2 Å². The van der Waals surface area contributed by atoms with Gasteiger partial charge in [0, 0.05) is 32.5 Å². The fourth-order valence-corrected chi connectivity index (χ4v) is 8.47. The zero-order valence-electron chi connectivity index (χ0n) is 33.3. The van der Waals surface area contributed by atoms with E-state index in [1.807, 2.05) is 26.0 Å². The number of cyclic esters (lactones) is 1. The van der Waals surface area contributed by atoms with Gasteiger partial charge in [-0.3, -0.25) is 28.8 Å². The molecule has 312 valence electrons. The quantitative estimate of drug-likeness (QED) is 0.295. The summed E-state index contributed by atoms with van der Waals surface area (Å²) in [5.74, 6) is -5.35. The number of rotatable bonds is 7. The van der Waals surface area contributed by atoms with Crippen molar-refractivity contribution in [1.82, 2.24) is 30.7 Å². The summed E-state index contributed by atoms with van der Waals surface area (Å²) in [6.07, 6.45) is -1.11. The van der Waals surface area contributed by atoms with Crippen molar-refractivity contribution in [3.63, 3.8) is 0 Å². The maximum Gasteiger partial charge on any atom is 0.329 e. The number of piperidine rings is 1. The zero-order chi connectivity index (χ0) is 41.8. The summed E-state index contributed by atoms with van der Waals surface area (Å²) in [7, 11) is 0. The second-order valence-corrected chi connectivity index (χ2v) is 16.3. The lowest BCUT2D eigenvalue weighted by molar-refractivity contribution is -0.163. The van der Waals surface area contributed by atoms with Crippen LogP contribution in [0.4, 0.5) is 4.39 Å². The van der Waals surface area contributed by atoms with Gasteiger partial charge in [0.1, 0.15) is 48.2 Å². The van der Waals surface area contributed by atoms with Crippen LogP contribution in [-0.4, -0.2) is 129 Å².